The van der Waals surface area contributed by atoms with Crippen LogP contribution in [-0.4, -0.2) is 18.0 Å². The number of halogens is 1. The first-order valence-corrected chi connectivity index (χ1v) is 5.71. The highest BCUT2D eigenvalue weighted by atomic mass is 19.1. The van der Waals surface area contributed by atoms with E-state index in [2.05, 4.69) is 15.7 Å². The third-order valence-electron chi connectivity index (χ3n) is 2.63. The van der Waals surface area contributed by atoms with Crippen molar-refractivity contribution in [2.45, 2.75) is 0 Å². The Bertz CT molecular complexity index is 634. The largest absolute Gasteiger partial charge is 0.494 e. The van der Waals surface area contributed by atoms with E-state index < -0.39 is 11.7 Å². The molecule has 7 heteroatoms. The molecule has 0 bridgehead atoms. The first-order chi connectivity index (χ1) is 9.65. The molecular weight excluding hydrogens is 263 g/mol. The lowest BCUT2D eigenvalue weighted by molar-refractivity contribution is 0.102. The standard InChI is InChI=1S/C13H13FN4O2/c1-20-12-6-8(14)2-3-10(12)17-13(19)9-4-5-16-7-11(9)18-15/h2-7,18H,15H2,1H3,(H,17,19). The molecule has 1 amide bonds. The number of hydrazine groups is 1. The Morgan fingerprint density at radius 1 is 1.35 bits per heavy atom. The summed E-state index contributed by atoms with van der Waals surface area (Å²) in [6.07, 6.45) is 2.90. The lowest BCUT2D eigenvalue weighted by Crippen LogP contribution is -2.17. The van der Waals surface area contributed by atoms with Gasteiger partial charge in [-0.15, -0.1) is 0 Å². The highest BCUT2D eigenvalue weighted by molar-refractivity contribution is 6.08. The van der Waals surface area contributed by atoms with Crippen LogP contribution in [0.1, 0.15) is 10.4 Å². The SMILES string of the molecule is COc1cc(F)ccc1NC(=O)c1ccncc1NN. The number of ether oxygens (including phenoxy) is 1. The van der Waals surface area contributed by atoms with Crippen LogP contribution in [0.4, 0.5) is 15.8 Å². The molecule has 0 unspecified atom stereocenters. The molecule has 1 aromatic carbocycles. The number of benzene rings is 1. The van der Waals surface area contributed by atoms with Crippen LogP contribution in [0.15, 0.2) is 36.7 Å². The second kappa shape index (κ2) is 5.98. The van der Waals surface area contributed by atoms with Gasteiger partial charge < -0.3 is 15.5 Å². The van der Waals surface area contributed by atoms with Gasteiger partial charge in [-0.3, -0.25) is 15.6 Å². The molecule has 0 saturated carbocycles. The Labute approximate surface area is 114 Å². The van der Waals surface area contributed by atoms with Gasteiger partial charge in [0.1, 0.15) is 11.6 Å². The van der Waals surface area contributed by atoms with Crippen molar-refractivity contribution in [3.8, 4) is 5.75 Å². The fourth-order valence-corrected chi connectivity index (χ4v) is 1.67. The summed E-state index contributed by atoms with van der Waals surface area (Å²) in [5, 5.41) is 2.63. The third-order valence-corrected chi connectivity index (χ3v) is 2.63. The number of methoxy groups -OCH3 is 1. The summed E-state index contributed by atoms with van der Waals surface area (Å²) in [5.41, 5.74) is 3.44. The van der Waals surface area contributed by atoms with Crippen molar-refractivity contribution >= 4 is 17.3 Å². The summed E-state index contributed by atoms with van der Waals surface area (Å²) in [4.78, 5) is 16.0. The molecule has 0 saturated heterocycles. The summed E-state index contributed by atoms with van der Waals surface area (Å²) >= 11 is 0. The summed E-state index contributed by atoms with van der Waals surface area (Å²) in [5.74, 6) is 4.68. The Kier molecular flexibility index (Phi) is 4.11. The van der Waals surface area contributed by atoms with Crippen molar-refractivity contribution in [2.24, 2.45) is 5.84 Å². The van der Waals surface area contributed by atoms with Gasteiger partial charge in [0.25, 0.3) is 5.91 Å². The third kappa shape index (κ3) is 2.83. The zero-order valence-electron chi connectivity index (χ0n) is 10.7. The zero-order valence-corrected chi connectivity index (χ0v) is 10.7. The van der Waals surface area contributed by atoms with E-state index in [1.165, 1.54) is 43.8 Å². The number of hydrogen-bond donors (Lipinski definition) is 3. The number of nitrogens with zero attached hydrogens (tertiary/aromatic N) is 1. The zero-order chi connectivity index (χ0) is 14.5. The molecule has 0 aliphatic rings. The molecular formula is C13H13FN4O2. The van der Waals surface area contributed by atoms with E-state index >= 15 is 0 Å². The van der Waals surface area contributed by atoms with Gasteiger partial charge in [-0.2, -0.15) is 0 Å². The number of amides is 1. The number of nitrogen functional groups attached to an aromatic ring is 1. The second-order valence-corrected chi connectivity index (χ2v) is 3.86. The van der Waals surface area contributed by atoms with Crippen LogP contribution < -0.4 is 21.3 Å². The highest BCUT2D eigenvalue weighted by Gasteiger charge is 2.13. The van der Waals surface area contributed by atoms with Crippen molar-refractivity contribution in [3.05, 3.63) is 48.0 Å². The molecule has 1 heterocycles. The molecule has 0 fully saturated rings. The summed E-state index contributed by atoms with van der Waals surface area (Å²) < 4.78 is 18.1. The number of rotatable bonds is 4. The fraction of sp³-hybridized carbons (Fsp3) is 0.0769. The molecule has 0 aliphatic heterocycles. The van der Waals surface area contributed by atoms with Gasteiger partial charge in [0, 0.05) is 12.3 Å². The van der Waals surface area contributed by atoms with Crippen molar-refractivity contribution in [3.63, 3.8) is 0 Å². The van der Waals surface area contributed by atoms with Crippen molar-refractivity contribution in [1.82, 2.24) is 4.98 Å². The maximum Gasteiger partial charge on any atom is 0.258 e. The molecule has 20 heavy (non-hydrogen) atoms. The maximum absolute atomic E-state index is 13.1. The molecule has 1 aromatic heterocycles. The minimum atomic E-state index is -0.451. The van der Waals surface area contributed by atoms with Crippen LogP contribution in [-0.2, 0) is 0 Å². The Hall–Kier alpha value is -2.67. The van der Waals surface area contributed by atoms with Gasteiger partial charge in [0.05, 0.1) is 30.2 Å². The molecule has 0 radical (unpaired) electrons. The lowest BCUT2D eigenvalue weighted by atomic mass is 10.2. The monoisotopic (exact) mass is 276 g/mol. The van der Waals surface area contributed by atoms with E-state index in [0.717, 1.165) is 0 Å². The van der Waals surface area contributed by atoms with Crippen LogP contribution in [0.2, 0.25) is 0 Å². The molecule has 4 N–H and O–H groups in total. The number of aromatic nitrogens is 1. The van der Waals surface area contributed by atoms with Gasteiger partial charge in [-0.25, -0.2) is 4.39 Å². The first-order valence-electron chi connectivity index (χ1n) is 5.71. The normalized spacial score (nSPS) is 9.95. The van der Waals surface area contributed by atoms with Crippen LogP contribution in [0.5, 0.6) is 5.75 Å². The molecule has 0 atom stereocenters. The Morgan fingerprint density at radius 2 is 2.15 bits per heavy atom. The van der Waals surface area contributed by atoms with Crippen LogP contribution in [0.25, 0.3) is 0 Å². The average Bonchev–Trinajstić information content (AvgIpc) is 2.48. The lowest BCUT2D eigenvalue weighted by Gasteiger charge is -2.12. The second-order valence-electron chi connectivity index (χ2n) is 3.86. The molecule has 0 spiro atoms. The van der Waals surface area contributed by atoms with E-state index in [4.69, 9.17) is 10.6 Å². The number of hydrogen-bond acceptors (Lipinski definition) is 5. The number of nitrogens with one attached hydrogen (secondary N) is 2. The van der Waals surface area contributed by atoms with E-state index in [9.17, 15) is 9.18 Å². The molecule has 6 nitrogen and oxygen atoms in total. The Morgan fingerprint density at radius 3 is 2.85 bits per heavy atom. The quantitative estimate of drug-likeness (QED) is 0.585. The van der Waals surface area contributed by atoms with Crippen LogP contribution >= 0.6 is 0 Å². The predicted octanol–water partition coefficient (Wildman–Crippen LogP) is 1.77. The average molecular weight is 276 g/mol. The summed E-state index contributed by atoms with van der Waals surface area (Å²) in [6.45, 7) is 0. The molecule has 0 aliphatic carbocycles. The van der Waals surface area contributed by atoms with E-state index in [1.54, 1.807) is 0 Å². The number of carbonyl (C=O) groups is 1. The maximum atomic E-state index is 13.1. The van der Waals surface area contributed by atoms with Crippen LogP contribution in [0.3, 0.4) is 0 Å². The van der Waals surface area contributed by atoms with Gasteiger partial charge >= 0.3 is 0 Å². The van der Waals surface area contributed by atoms with Gasteiger partial charge in [0.2, 0.25) is 0 Å². The van der Waals surface area contributed by atoms with Crippen molar-refractivity contribution in [1.29, 1.82) is 0 Å². The topological polar surface area (TPSA) is 89.3 Å². The van der Waals surface area contributed by atoms with E-state index in [1.807, 2.05) is 0 Å². The Balaban J connectivity index is 2.28. The number of nitrogens with two attached hydrogens (primary N) is 1. The smallest absolute Gasteiger partial charge is 0.258 e. The highest BCUT2D eigenvalue weighted by Crippen LogP contribution is 2.26. The molecule has 104 valence electrons. The van der Waals surface area contributed by atoms with E-state index in [0.29, 0.717) is 16.9 Å². The van der Waals surface area contributed by atoms with E-state index in [-0.39, 0.29) is 5.75 Å². The first kappa shape index (κ1) is 13.8. The number of pyridine rings is 1. The minimum absolute atomic E-state index is 0.231. The fourth-order valence-electron chi connectivity index (χ4n) is 1.67. The molecule has 2 aromatic rings. The summed E-state index contributed by atoms with van der Waals surface area (Å²) in [7, 11) is 1.39. The van der Waals surface area contributed by atoms with Crippen molar-refractivity contribution in [2.75, 3.05) is 17.9 Å². The molecule has 2 rings (SSSR count). The number of carbonyl (C=O) groups excluding carboxylic acids is 1. The minimum Gasteiger partial charge on any atom is -0.494 e. The van der Waals surface area contributed by atoms with Gasteiger partial charge in [-0.05, 0) is 18.2 Å². The van der Waals surface area contributed by atoms with Crippen LogP contribution in [0, 0.1) is 5.82 Å². The van der Waals surface area contributed by atoms with Gasteiger partial charge in [0.15, 0.2) is 0 Å². The predicted molar refractivity (Wildman–Crippen MR) is 73.0 cm³/mol. The van der Waals surface area contributed by atoms with Gasteiger partial charge in [-0.1, -0.05) is 0 Å². The van der Waals surface area contributed by atoms with Crippen molar-refractivity contribution < 1.29 is 13.9 Å². The number of anilines is 2. The summed E-state index contributed by atoms with van der Waals surface area (Å²) in [6, 6.07) is 5.35.